The lowest BCUT2D eigenvalue weighted by molar-refractivity contribution is -0.168. The summed E-state index contributed by atoms with van der Waals surface area (Å²) in [5.41, 5.74) is 0. The number of hydrogen-bond acceptors (Lipinski definition) is 4. The lowest BCUT2D eigenvalue weighted by Crippen LogP contribution is -2.29. The fourth-order valence-electron chi connectivity index (χ4n) is 0.604. The van der Waals surface area contributed by atoms with Crippen molar-refractivity contribution >= 4 is 11.9 Å². The van der Waals surface area contributed by atoms with Crippen LogP contribution in [0.15, 0.2) is 12.2 Å². The first-order valence-electron chi connectivity index (χ1n) is 3.64. The molecule has 80 valence electrons. The summed E-state index contributed by atoms with van der Waals surface area (Å²) in [5.74, 6) is -6.00. The summed E-state index contributed by atoms with van der Waals surface area (Å²) in [6.07, 6.45) is 0.772. The van der Waals surface area contributed by atoms with E-state index in [-0.39, 0.29) is 0 Å². The topological polar surface area (TPSA) is 52.6 Å². The molecule has 0 unspecified atom stereocenters. The maximum atomic E-state index is 12.7. The monoisotopic (exact) mass is 208 g/mol. The molecular weight excluding hydrogens is 198 g/mol. The van der Waals surface area contributed by atoms with Crippen molar-refractivity contribution in [2.75, 3.05) is 14.2 Å². The molecule has 0 aromatic rings. The third kappa shape index (κ3) is 3.97. The van der Waals surface area contributed by atoms with Crippen molar-refractivity contribution in [3.63, 3.8) is 0 Å². The summed E-state index contributed by atoms with van der Waals surface area (Å²) in [7, 11) is 1.98. The standard InChI is InChI=1S/C8H10F2O4/c1-13-6(11)4-3-5-8(9,10)7(12)14-2/h3-4H,5H2,1-2H3/b4-3+. The van der Waals surface area contributed by atoms with E-state index in [1.54, 1.807) is 0 Å². The molecule has 0 heterocycles. The van der Waals surface area contributed by atoms with Gasteiger partial charge in [-0.1, -0.05) is 6.08 Å². The van der Waals surface area contributed by atoms with Gasteiger partial charge in [0.25, 0.3) is 0 Å². The maximum absolute atomic E-state index is 12.7. The van der Waals surface area contributed by atoms with Gasteiger partial charge in [-0.2, -0.15) is 8.78 Å². The highest BCUT2D eigenvalue weighted by atomic mass is 19.3. The largest absolute Gasteiger partial charge is 0.466 e. The third-order valence-corrected chi connectivity index (χ3v) is 1.31. The molecule has 0 amide bonds. The van der Waals surface area contributed by atoms with Gasteiger partial charge in [-0.05, 0) is 0 Å². The molecule has 0 aliphatic carbocycles. The fourth-order valence-corrected chi connectivity index (χ4v) is 0.604. The minimum absolute atomic E-state index is 0.759. The van der Waals surface area contributed by atoms with Crippen LogP contribution in [0.5, 0.6) is 0 Å². The summed E-state index contributed by atoms with van der Waals surface area (Å²) in [6.45, 7) is 0. The van der Waals surface area contributed by atoms with Gasteiger partial charge in [0.2, 0.25) is 0 Å². The normalized spacial score (nSPS) is 11.4. The number of halogens is 2. The van der Waals surface area contributed by atoms with Gasteiger partial charge in [-0.25, -0.2) is 9.59 Å². The third-order valence-electron chi connectivity index (χ3n) is 1.31. The van der Waals surface area contributed by atoms with Gasteiger partial charge in [-0.3, -0.25) is 0 Å². The van der Waals surface area contributed by atoms with E-state index in [1.165, 1.54) is 0 Å². The zero-order valence-electron chi connectivity index (χ0n) is 7.75. The molecule has 0 spiro atoms. The Balaban J connectivity index is 4.18. The van der Waals surface area contributed by atoms with Crippen LogP contribution in [-0.2, 0) is 19.1 Å². The molecule has 0 atom stereocenters. The number of carbonyl (C=O) groups is 2. The van der Waals surface area contributed by atoms with Gasteiger partial charge < -0.3 is 9.47 Å². The fraction of sp³-hybridized carbons (Fsp3) is 0.500. The molecule has 0 rings (SSSR count). The zero-order valence-corrected chi connectivity index (χ0v) is 7.75. The number of methoxy groups -OCH3 is 2. The summed E-state index contributed by atoms with van der Waals surface area (Å²) in [6, 6.07) is 0. The zero-order chi connectivity index (χ0) is 11.2. The first-order valence-corrected chi connectivity index (χ1v) is 3.64. The van der Waals surface area contributed by atoms with E-state index in [0.717, 1.165) is 26.4 Å². The van der Waals surface area contributed by atoms with Gasteiger partial charge in [0.1, 0.15) is 0 Å². The molecule has 0 aromatic carbocycles. The Morgan fingerprint density at radius 1 is 1.29 bits per heavy atom. The highest BCUT2D eigenvalue weighted by molar-refractivity contribution is 5.82. The van der Waals surface area contributed by atoms with Gasteiger partial charge in [0, 0.05) is 12.5 Å². The summed E-state index contributed by atoms with van der Waals surface area (Å²) in [4.78, 5) is 20.9. The Labute approximate surface area is 79.5 Å². The first-order chi connectivity index (χ1) is 6.44. The Morgan fingerprint density at radius 2 is 1.86 bits per heavy atom. The quantitative estimate of drug-likeness (QED) is 0.509. The number of allylic oxidation sites excluding steroid dienone is 1. The van der Waals surface area contributed by atoms with Gasteiger partial charge in [0.15, 0.2) is 0 Å². The van der Waals surface area contributed by atoms with E-state index < -0.39 is 24.3 Å². The molecule has 0 radical (unpaired) electrons. The van der Waals surface area contributed by atoms with E-state index in [1.807, 2.05) is 0 Å². The molecule has 0 saturated carbocycles. The molecule has 0 aliphatic heterocycles. The molecule has 0 bridgehead atoms. The van der Waals surface area contributed by atoms with Crippen molar-refractivity contribution in [3.05, 3.63) is 12.2 Å². The number of hydrogen-bond donors (Lipinski definition) is 0. The molecule has 0 saturated heterocycles. The summed E-state index contributed by atoms with van der Waals surface area (Å²) < 4.78 is 33.4. The Kier molecular flexibility index (Phi) is 4.76. The average molecular weight is 208 g/mol. The van der Waals surface area contributed by atoms with E-state index in [4.69, 9.17) is 0 Å². The lowest BCUT2D eigenvalue weighted by Gasteiger charge is -2.10. The molecule has 0 fully saturated rings. The van der Waals surface area contributed by atoms with Crippen molar-refractivity contribution < 1.29 is 27.8 Å². The second kappa shape index (κ2) is 5.31. The molecule has 0 aliphatic rings. The molecule has 0 N–H and O–H groups in total. The average Bonchev–Trinajstić information content (AvgIpc) is 2.15. The van der Waals surface area contributed by atoms with Crippen LogP contribution < -0.4 is 0 Å². The number of carbonyl (C=O) groups excluding carboxylic acids is 2. The Hall–Kier alpha value is -1.46. The van der Waals surface area contributed by atoms with Crippen LogP contribution in [0.25, 0.3) is 0 Å². The number of alkyl halides is 2. The van der Waals surface area contributed by atoms with Crippen molar-refractivity contribution in [3.8, 4) is 0 Å². The molecule has 4 nitrogen and oxygen atoms in total. The predicted molar refractivity (Wildman–Crippen MR) is 42.7 cm³/mol. The summed E-state index contributed by atoms with van der Waals surface area (Å²) in [5, 5.41) is 0. The lowest BCUT2D eigenvalue weighted by atomic mass is 10.2. The summed E-state index contributed by atoms with van der Waals surface area (Å²) >= 11 is 0. The molecule has 14 heavy (non-hydrogen) atoms. The van der Waals surface area contributed by atoms with Crippen LogP contribution >= 0.6 is 0 Å². The van der Waals surface area contributed by atoms with Crippen LogP contribution in [0.3, 0.4) is 0 Å². The van der Waals surface area contributed by atoms with Crippen LogP contribution in [0.4, 0.5) is 8.78 Å². The van der Waals surface area contributed by atoms with Crippen molar-refractivity contribution in [2.45, 2.75) is 12.3 Å². The van der Waals surface area contributed by atoms with Crippen LogP contribution in [-0.4, -0.2) is 32.1 Å². The highest BCUT2D eigenvalue weighted by Crippen LogP contribution is 2.20. The maximum Gasteiger partial charge on any atom is 0.377 e. The minimum atomic E-state index is -3.61. The van der Waals surface area contributed by atoms with Gasteiger partial charge >= 0.3 is 17.9 Å². The second-order valence-electron chi connectivity index (χ2n) is 2.33. The van der Waals surface area contributed by atoms with Gasteiger partial charge in [-0.15, -0.1) is 0 Å². The Morgan fingerprint density at radius 3 is 2.29 bits per heavy atom. The second-order valence-corrected chi connectivity index (χ2v) is 2.33. The molecular formula is C8H10F2O4. The van der Waals surface area contributed by atoms with Crippen molar-refractivity contribution in [1.82, 2.24) is 0 Å². The van der Waals surface area contributed by atoms with Crippen LogP contribution in [0.2, 0.25) is 0 Å². The minimum Gasteiger partial charge on any atom is -0.466 e. The molecule has 0 aromatic heterocycles. The van der Waals surface area contributed by atoms with Crippen LogP contribution in [0.1, 0.15) is 6.42 Å². The Bertz CT molecular complexity index is 248. The predicted octanol–water partition coefficient (Wildman–Crippen LogP) is 0.914. The van der Waals surface area contributed by atoms with Crippen molar-refractivity contribution in [1.29, 1.82) is 0 Å². The van der Waals surface area contributed by atoms with E-state index in [0.29, 0.717) is 0 Å². The van der Waals surface area contributed by atoms with E-state index >= 15 is 0 Å². The first kappa shape index (κ1) is 12.5. The number of ether oxygens (including phenoxy) is 2. The molecule has 6 heteroatoms. The number of rotatable bonds is 4. The number of esters is 2. The van der Waals surface area contributed by atoms with Crippen molar-refractivity contribution in [2.24, 2.45) is 0 Å². The highest BCUT2D eigenvalue weighted by Gasteiger charge is 2.38. The SMILES string of the molecule is COC(=O)/C=C/CC(F)(F)C(=O)OC. The van der Waals surface area contributed by atoms with E-state index in [9.17, 15) is 18.4 Å². The smallest absolute Gasteiger partial charge is 0.377 e. The van der Waals surface area contributed by atoms with Crippen LogP contribution in [0, 0.1) is 0 Å². The van der Waals surface area contributed by atoms with E-state index in [2.05, 4.69) is 9.47 Å². The van der Waals surface area contributed by atoms with Gasteiger partial charge in [0.05, 0.1) is 14.2 Å².